The number of hydrogen-bond acceptors (Lipinski definition) is 6. The van der Waals surface area contributed by atoms with Crippen LogP contribution >= 0.6 is 0 Å². The lowest BCUT2D eigenvalue weighted by atomic mass is 10.0. The molecular formula is C15H20N4O5. The second-order valence-corrected chi connectivity index (χ2v) is 5.96. The van der Waals surface area contributed by atoms with Crippen molar-refractivity contribution in [2.24, 2.45) is 0 Å². The molecule has 1 heterocycles. The zero-order valence-corrected chi connectivity index (χ0v) is 13.6. The summed E-state index contributed by atoms with van der Waals surface area (Å²) in [5.41, 5.74) is -0.692. The molecule has 1 amide bonds. The molecule has 2 atom stereocenters. The second kappa shape index (κ2) is 7.24. The van der Waals surface area contributed by atoms with Crippen LogP contribution in [0.25, 0.3) is 0 Å². The van der Waals surface area contributed by atoms with Crippen LogP contribution in [0.5, 0.6) is 0 Å². The second-order valence-electron chi connectivity index (χ2n) is 5.96. The molecule has 1 fully saturated rings. The number of amides is 1. The highest BCUT2D eigenvalue weighted by Crippen LogP contribution is 2.30. The third-order valence-corrected chi connectivity index (χ3v) is 4.22. The van der Waals surface area contributed by atoms with Crippen molar-refractivity contribution in [3.63, 3.8) is 0 Å². The highest BCUT2D eigenvalue weighted by Gasteiger charge is 2.28. The molecule has 9 nitrogen and oxygen atoms in total. The molecule has 1 aliphatic rings. The van der Waals surface area contributed by atoms with Gasteiger partial charge in [-0.2, -0.15) is 0 Å². The van der Waals surface area contributed by atoms with Gasteiger partial charge in [0.25, 0.3) is 11.4 Å². The van der Waals surface area contributed by atoms with Crippen molar-refractivity contribution in [3.8, 4) is 0 Å². The number of hydrogen-bond donors (Lipinski definition) is 1. The first kappa shape index (κ1) is 17.6. The fourth-order valence-corrected chi connectivity index (χ4v) is 2.88. The number of carbonyl (C=O) groups is 1. The summed E-state index contributed by atoms with van der Waals surface area (Å²) < 4.78 is 0. The number of rotatable bonds is 5. The van der Waals surface area contributed by atoms with Gasteiger partial charge < -0.3 is 10.2 Å². The fourth-order valence-electron chi connectivity index (χ4n) is 2.88. The number of nitro benzene ring substituents is 2. The lowest BCUT2D eigenvalue weighted by molar-refractivity contribution is -0.393. The van der Waals surface area contributed by atoms with Crippen molar-refractivity contribution in [1.82, 2.24) is 4.90 Å². The zero-order valence-electron chi connectivity index (χ0n) is 13.6. The number of non-ortho nitro benzene ring substituents is 1. The van der Waals surface area contributed by atoms with Crippen LogP contribution in [-0.4, -0.2) is 39.3 Å². The van der Waals surface area contributed by atoms with Gasteiger partial charge in [-0.05, 0) is 39.2 Å². The summed E-state index contributed by atoms with van der Waals surface area (Å²) in [6.07, 6.45) is 2.97. The summed E-state index contributed by atoms with van der Waals surface area (Å²) in [7, 11) is 0. The Morgan fingerprint density at radius 3 is 2.58 bits per heavy atom. The first-order valence-electron chi connectivity index (χ1n) is 7.81. The van der Waals surface area contributed by atoms with Gasteiger partial charge >= 0.3 is 0 Å². The molecule has 2 unspecified atom stereocenters. The van der Waals surface area contributed by atoms with Crippen LogP contribution in [0, 0.1) is 20.2 Å². The lowest BCUT2D eigenvalue weighted by Crippen LogP contribution is -2.48. The Balaban J connectivity index is 2.18. The minimum atomic E-state index is -0.698. The Morgan fingerprint density at radius 2 is 2.00 bits per heavy atom. The molecule has 0 spiro atoms. The van der Waals surface area contributed by atoms with Gasteiger partial charge in [0.2, 0.25) is 5.91 Å². The molecule has 1 aromatic rings. The largest absolute Gasteiger partial charge is 0.368 e. The van der Waals surface area contributed by atoms with Gasteiger partial charge in [-0.3, -0.25) is 25.0 Å². The van der Waals surface area contributed by atoms with Crippen molar-refractivity contribution in [2.45, 2.75) is 45.2 Å². The van der Waals surface area contributed by atoms with E-state index < -0.39 is 21.6 Å². The molecule has 0 aromatic heterocycles. The first-order chi connectivity index (χ1) is 11.3. The van der Waals surface area contributed by atoms with Crippen LogP contribution < -0.4 is 5.32 Å². The third kappa shape index (κ3) is 3.79. The van der Waals surface area contributed by atoms with E-state index in [1.165, 1.54) is 12.1 Å². The number of anilines is 1. The van der Waals surface area contributed by atoms with E-state index in [1.807, 2.05) is 6.92 Å². The SMILES string of the molecule is CC(Nc1ccc([N+](=O)[O-])cc1[N+](=O)[O-])C(=O)N1CCCCC1C. The topological polar surface area (TPSA) is 119 Å². The van der Waals surface area contributed by atoms with Crippen LogP contribution in [0.2, 0.25) is 0 Å². The van der Waals surface area contributed by atoms with Gasteiger partial charge in [0.15, 0.2) is 0 Å². The summed E-state index contributed by atoms with van der Waals surface area (Å²) in [4.78, 5) is 34.8. The molecule has 1 aromatic carbocycles. The van der Waals surface area contributed by atoms with Crippen LogP contribution in [0.15, 0.2) is 18.2 Å². The standard InChI is InChI=1S/C15H20N4O5/c1-10-5-3-4-8-17(10)15(20)11(2)16-13-7-6-12(18(21)22)9-14(13)19(23)24/h6-7,9-11,16H,3-5,8H2,1-2H3. The summed E-state index contributed by atoms with van der Waals surface area (Å²) >= 11 is 0. The summed E-state index contributed by atoms with van der Waals surface area (Å²) in [5.74, 6) is -0.130. The Morgan fingerprint density at radius 1 is 1.29 bits per heavy atom. The van der Waals surface area contributed by atoms with Gasteiger partial charge in [0.05, 0.1) is 15.9 Å². The van der Waals surface area contributed by atoms with Gasteiger partial charge in [0.1, 0.15) is 11.7 Å². The summed E-state index contributed by atoms with van der Waals surface area (Å²) in [6.45, 7) is 4.29. The number of nitrogens with one attached hydrogen (secondary N) is 1. The molecule has 130 valence electrons. The first-order valence-corrected chi connectivity index (χ1v) is 7.81. The van der Waals surface area contributed by atoms with E-state index in [-0.39, 0.29) is 23.3 Å². The minimum absolute atomic E-state index is 0.0936. The predicted molar refractivity (Wildman–Crippen MR) is 87.9 cm³/mol. The number of benzene rings is 1. The molecule has 1 saturated heterocycles. The Bertz CT molecular complexity index is 663. The maximum atomic E-state index is 12.6. The van der Waals surface area contributed by atoms with Crippen LogP contribution in [-0.2, 0) is 4.79 Å². The number of nitrogens with zero attached hydrogens (tertiary/aromatic N) is 3. The van der Waals surface area contributed by atoms with Crippen molar-refractivity contribution < 1.29 is 14.6 Å². The Kier molecular flexibility index (Phi) is 5.32. The van der Waals surface area contributed by atoms with E-state index in [1.54, 1.807) is 11.8 Å². The van der Waals surface area contributed by atoms with Crippen molar-refractivity contribution in [2.75, 3.05) is 11.9 Å². The molecule has 2 rings (SSSR count). The molecule has 0 bridgehead atoms. The number of likely N-dealkylation sites (tertiary alicyclic amines) is 1. The average molecular weight is 336 g/mol. The van der Waals surface area contributed by atoms with E-state index in [0.29, 0.717) is 6.54 Å². The predicted octanol–water partition coefficient (Wildman–Crippen LogP) is 2.70. The fraction of sp³-hybridized carbons (Fsp3) is 0.533. The number of piperidine rings is 1. The molecule has 0 radical (unpaired) electrons. The van der Waals surface area contributed by atoms with Crippen LogP contribution in [0.4, 0.5) is 17.1 Å². The van der Waals surface area contributed by atoms with Crippen molar-refractivity contribution >= 4 is 23.0 Å². The summed E-state index contributed by atoms with van der Waals surface area (Å²) in [6, 6.07) is 2.81. The van der Waals surface area contributed by atoms with Gasteiger partial charge in [0, 0.05) is 18.7 Å². The molecule has 0 aliphatic carbocycles. The van der Waals surface area contributed by atoms with E-state index in [4.69, 9.17) is 0 Å². The molecule has 24 heavy (non-hydrogen) atoms. The maximum Gasteiger partial charge on any atom is 0.299 e. The van der Waals surface area contributed by atoms with Crippen LogP contribution in [0.1, 0.15) is 33.1 Å². The molecule has 0 saturated carbocycles. The average Bonchev–Trinajstić information content (AvgIpc) is 2.54. The van der Waals surface area contributed by atoms with E-state index in [0.717, 1.165) is 25.3 Å². The van der Waals surface area contributed by atoms with E-state index in [9.17, 15) is 25.0 Å². The van der Waals surface area contributed by atoms with Gasteiger partial charge in [-0.15, -0.1) is 0 Å². The zero-order chi connectivity index (χ0) is 17.9. The minimum Gasteiger partial charge on any atom is -0.368 e. The molecule has 1 N–H and O–H groups in total. The maximum absolute atomic E-state index is 12.6. The highest BCUT2D eigenvalue weighted by molar-refractivity contribution is 5.85. The Hall–Kier alpha value is -2.71. The van der Waals surface area contributed by atoms with Gasteiger partial charge in [-0.25, -0.2) is 0 Å². The lowest BCUT2D eigenvalue weighted by Gasteiger charge is -2.35. The summed E-state index contributed by atoms with van der Waals surface area (Å²) in [5, 5.41) is 24.7. The molecule has 1 aliphatic heterocycles. The quantitative estimate of drug-likeness (QED) is 0.652. The Labute approximate surface area is 138 Å². The van der Waals surface area contributed by atoms with E-state index in [2.05, 4.69) is 5.32 Å². The number of nitro groups is 2. The molecule has 9 heteroatoms. The van der Waals surface area contributed by atoms with Crippen molar-refractivity contribution in [1.29, 1.82) is 0 Å². The smallest absolute Gasteiger partial charge is 0.299 e. The molecular weight excluding hydrogens is 316 g/mol. The normalized spacial score (nSPS) is 18.8. The highest BCUT2D eigenvalue weighted by atomic mass is 16.6. The van der Waals surface area contributed by atoms with Gasteiger partial charge in [-0.1, -0.05) is 0 Å². The monoisotopic (exact) mass is 336 g/mol. The van der Waals surface area contributed by atoms with Crippen molar-refractivity contribution in [3.05, 3.63) is 38.4 Å². The van der Waals surface area contributed by atoms with Crippen LogP contribution in [0.3, 0.4) is 0 Å². The third-order valence-electron chi connectivity index (χ3n) is 4.22. The van der Waals surface area contributed by atoms with E-state index >= 15 is 0 Å². The number of carbonyl (C=O) groups excluding carboxylic acids is 1.